The molecule has 0 spiro atoms. The highest BCUT2D eigenvalue weighted by molar-refractivity contribution is 6.33. The number of piperidine rings is 1. The molecular formula is C13H19ClN2O. The van der Waals surface area contributed by atoms with Gasteiger partial charge in [0.25, 0.3) is 0 Å². The number of nitrogens with two attached hydrogens (primary N) is 1. The molecule has 0 bridgehead atoms. The maximum absolute atomic E-state index is 9.56. The van der Waals surface area contributed by atoms with Gasteiger partial charge in [-0.15, -0.1) is 0 Å². The lowest BCUT2D eigenvalue weighted by Gasteiger charge is -2.35. The second kappa shape index (κ2) is 5.15. The van der Waals surface area contributed by atoms with Crippen LogP contribution in [-0.4, -0.2) is 24.3 Å². The van der Waals surface area contributed by atoms with Gasteiger partial charge >= 0.3 is 0 Å². The van der Waals surface area contributed by atoms with E-state index in [4.69, 9.17) is 17.3 Å². The molecular weight excluding hydrogens is 236 g/mol. The van der Waals surface area contributed by atoms with Gasteiger partial charge in [0.15, 0.2) is 0 Å². The van der Waals surface area contributed by atoms with Crippen molar-refractivity contribution in [2.75, 3.05) is 23.7 Å². The van der Waals surface area contributed by atoms with Crippen LogP contribution in [0.2, 0.25) is 5.02 Å². The van der Waals surface area contributed by atoms with Crippen LogP contribution in [0.15, 0.2) is 18.2 Å². The second-order valence-electron chi connectivity index (χ2n) is 4.78. The maximum Gasteiger partial charge on any atom is 0.0660 e. The zero-order valence-electron chi connectivity index (χ0n) is 10.1. The minimum Gasteiger partial charge on any atom is -0.399 e. The molecule has 0 amide bonds. The van der Waals surface area contributed by atoms with Gasteiger partial charge in [-0.25, -0.2) is 0 Å². The van der Waals surface area contributed by atoms with Gasteiger partial charge in [-0.05, 0) is 43.9 Å². The molecule has 0 aromatic heterocycles. The average molecular weight is 255 g/mol. The van der Waals surface area contributed by atoms with Crippen LogP contribution in [0, 0.1) is 5.92 Å². The molecule has 0 saturated carbocycles. The highest BCUT2D eigenvalue weighted by atomic mass is 35.5. The van der Waals surface area contributed by atoms with Crippen molar-refractivity contribution in [2.24, 2.45) is 5.92 Å². The number of halogens is 1. The zero-order valence-corrected chi connectivity index (χ0v) is 10.8. The van der Waals surface area contributed by atoms with Crippen molar-refractivity contribution in [3.8, 4) is 0 Å². The number of nitrogen functional groups attached to an aromatic ring is 1. The lowest BCUT2D eigenvalue weighted by molar-refractivity contribution is 0.110. The van der Waals surface area contributed by atoms with E-state index in [9.17, 15) is 5.11 Å². The van der Waals surface area contributed by atoms with E-state index in [1.165, 1.54) is 0 Å². The van der Waals surface area contributed by atoms with Crippen molar-refractivity contribution >= 4 is 23.0 Å². The summed E-state index contributed by atoms with van der Waals surface area (Å²) in [7, 11) is 0. The maximum atomic E-state index is 9.56. The predicted molar refractivity (Wildman–Crippen MR) is 72.5 cm³/mol. The van der Waals surface area contributed by atoms with E-state index >= 15 is 0 Å². The molecule has 1 aliphatic heterocycles. The number of aliphatic hydroxyl groups is 1. The summed E-state index contributed by atoms with van der Waals surface area (Å²) in [4.78, 5) is 2.26. The standard InChI is InChI=1S/C13H19ClN2O/c1-9(17)10-4-6-16(7-5-10)13-3-2-11(15)8-12(13)14/h2-3,8-10,17H,4-7,15H2,1H3. The summed E-state index contributed by atoms with van der Waals surface area (Å²) in [5.74, 6) is 0.416. The molecule has 1 aliphatic rings. The van der Waals surface area contributed by atoms with E-state index < -0.39 is 0 Å². The number of benzene rings is 1. The van der Waals surface area contributed by atoms with Crippen molar-refractivity contribution in [1.82, 2.24) is 0 Å². The Morgan fingerprint density at radius 1 is 1.41 bits per heavy atom. The molecule has 0 radical (unpaired) electrons. The number of hydrogen-bond acceptors (Lipinski definition) is 3. The van der Waals surface area contributed by atoms with Crippen molar-refractivity contribution in [3.63, 3.8) is 0 Å². The molecule has 1 unspecified atom stereocenters. The largest absolute Gasteiger partial charge is 0.399 e. The first kappa shape index (κ1) is 12.5. The molecule has 0 aliphatic carbocycles. The Kier molecular flexibility index (Phi) is 3.79. The Morgan fingerprint density at radius 3 is 2.59 bits per heavy atom. The molecule has 3 N–H and O–H groups in total. The van der Waals surface area contributed by atoms with Crippen LogP contribution in [0.5, 0.6) is 0 Å². The van der Waals surface area contributed by atoms with E-state index in [0.717, 1.165) is 31.6 Å². The molecule has 17 heavy (non-hydrogen) atoms. The van der Waals surface area contributed by atoms with E-state index in [-0.39, 0.29) is 6.10 Å². The number of nitrogens with zero attached hydrogens (tertiary/aromatic N) is 1. The summed E-state index contributed by atoms with van der Waals surface area (Å²) in [6, 6.07) is 5.64. The normalized spacial score (nSPS) is 19.4. The number of hydrogen-bond donors (Lipinski definition) is 2. The van der Waals surface area contributed by atoms with E-state index in [1.807, 2.05) is 19.1 Å². The van der Waals surface area contributed by atoms with Crippen LogP contribution in [0.3, 0.4) is 0 Å². The molecule has 1 atom stereocenters. The monoisotopic (exact) mass is 254 g/mol. The first-order valence-electron chi connectivity index (χ1n) is 6.06. The van der Waals surface area contributed by atoms with Crippen LogP contribution >= 0.6 is 11.6 Å². The SMILES string of the molecule is CC(O)C1CCN(c2ccc(N)cc2Cl)CC1. The van der Waals surface area contributed by atoms with Crippen LogP contribution in [0.25, 0.3) is 0 Å². The molecule has 1 aromatic rings. The fraction of sp³-hybridized carbons (Fsp3) is 0.538. The molecule has 2 rings (SSSR count). The summed E-state index contributed by atoms with van der Waals surface area (Å²) in [5.41, 5.74) is 7.42. The molecule has 1 saturated heterocycles. The Labute approximate surface area is 107 Å². The van der Waals surface area contributed by atoms with Gasteiger partial charge in [0, 0.05) is 18.8 Å². The van der Waals surface area contributed by atoms with E-state index in [2.05, 4.69) is 4.90 Å². The van der Waals surface area contributed by atoms with Gasteiger partial charge in [-0.2, -0.15) is 0 Å². The molecule has 94 valence electrons. The van der Waals surface area contributed by atoms with E-state index in [0.29, 0.717) is 16.6 Å². The van der Waals surface area contributed by atoms with Gasteiger partial charge in [0.1, 0.15) is 0 Å². The van der Waals surface area contributed by atoms with Gasteiger partial charge in [0.2, 0.25) is 0 Å². The summed E-state index contributed by atoms with van der Waals surface area (Å²) in [6.07, 6.45) is 1.82. The second-order valence-corrected chi connectivity index (χ2v) is 5.18. The molecule has 4 heteroatoms. The van der Waals surface area contributed by atoms with Gasteiger partial charge in [0.05, 0.1) is 16.8 Å². The summed E-state index contributed by atoms with van der Waals surface area (Å²) < 4.78 is 0. The van der Waals surface area contributed by atoms with Crippen molar-refractivity contribution < 1.29 is 5.11 Å². The van der Waals surface area contributed by atoms with Gasteiger partial charge in [-0.1, -0.05) is 11.6 Å². The number of rotatable bonds is 2. The highest BCUT2D eigenvalue weighted by Crippen LogP contribution is 2.31. The molecule has 3 nitrogen and oxygen atoms in total. The molecule has 1 aromatic carbocycles. The smallest absolute Gasteiger partial charge is 0.0660 e. The summed E-state index contributed by atoms with van der Waals surface area (Å²) in [6.45, 7) is 3.76. The van der Waals surface area contributed by atoms with Gasteiger partial charge in [-0.3, -0.25) is 0 Å². The minimum atomic E-state index is -0.209. The molecule has 1 heterocycles. The van der Waals surface area contributed by atoms with E-state index in [1.54, 1.807) is 6.07 Å². The fourth-order valence-electron chi connectivity index (χ4n) is 2.40. The predicted octanol–water partition coefficient (Wildman–Crippen LogP) is 2.52. The van der Waals surface area contributed by atoms with Crippen LogP contribution in [0.1, 0.15) is 19.8 Å². The van der Waals surface area contributed by atoms with Crippen LogP contribution in [0.4, 0.5) is 11.4 Å². The van der Waals surface area contributed by atoms with Crippen LogP contribution in [-0.2, 0) is 0 Å². The Hall–Kier alpha value is -0.930. The van der Waals surface area contributed by atoms with Crippen molar-refractivity contribution in [1.29, 1.82) is 0 Å². The Bertz CT molecular complexity index is 387. The lowest BCUT2D eigenvalue weighted by Crippen LogP contribution is -2.37. The zero-order chi connectivity index (χ0) is 12.4. The highest BCUT2D eigenvalue weighted by Gasteiger charge is 2.23. The average Bonchev–Trinajstić information content (AvgIpc) is 2.29. The third-order valence-electron chi connectivity index (χ3n) is 3.53. The quantitative estimate of drug-likeness (QED) is 0.798. The molecule has 1 fully saturated rings. The van der Waals surface area contributed by atoms with Crippen LogP contribution < -0.4 is 10.6 Å². The summed E-state index contributed by atoms with van der Waals surface area (Å²) in [5, 5.41) is 10.3. The van der Waals surface area contributed by atoms with Crippen molar-refractivity contribution in [3.05, 3.63) is 23.2 Å². The third-order valence-corrected chi connectivity index (χ3v) is 3.84. The Balaban J connectivity index is 2.05. The topological polar surface area (TPSA) is 49.5 Å². The van der Waals surface area contributed by atoms with Gasteiger partial charge < -0.3 is 15.7 Å². The Morgan fingerprint density at radius 2 is 2.06 bits per heavy atom. The third kappa shape index (κ3) is 2.85. The number of anilines is 2. The first-order valence-corrected chi connectivity index (χ1v) is 6.44. The first-order chi connectivity index (χ1) is 8.08. The lowest BCUT2D eigenvalue weighted by atomic mass is 9.92. The summed E-state index contributed by atoms with van der Waals surface area (Å²) >= 11 is 6.19. The fourth-order valence-corrected chi connectivity index (χ4v) is 2.71. The van der Waals surface area contributed by atoms with Crippen molar-refractivity contribution in [2.45, 2.75) is 25.9 Å². The number of aliphatic hydroxyl groups excluding tert-OH is 1. The minimum absolute atomic E-state index is 0.209.